The van der Waals surface area contributed by atoms with Gasteiger partial charge in [0, 0.05) is 26.7 Å². The summed E-state index contributed by atoms with van der Waals surface area (Å²) in [7, 11) is 1.76. The van der Waals surface area contributed by atoms with E-state index in [0.717, 1.165) is 35.9 Å². The summed E-state index contributed by atoms with van der Waals surface area (Å²) in [6.07, 6.45) is 5.73. The SMILES string of the molecule is CN=C(NCCCOCc1ccco1)NCc1ccc(-n2cncn2)cc1.I. The standard InChI is InChI=1S/C19H24N6O2.HI/c1-20-19(22-9-3-10-26-13-18-4-2-11-27-18)23-12-16-5-7-17(8-6-16)25-15-21-14-24-25;/h2,4-8,11,14-15H,3,9-10,12-13H2,1H3,(H2,20,22,23);1H. The minimum atomic E-state index is 0. The van der Waals surface area contributed by atoms with Gasteiger partial charge in [-0.25, -0.2) is 9.67 Å². The van der Waals surface area contributed by atoms with Gasteiger partial charge >= 0.3 is 0 Å². The van der Waals surface area contributed by atoms with Crippen molar-refractivity contribution in [3.05, 3.63) is 66.6 Å². The minimum Gasteiger partial charge on any atom is -0.467 e. The molecule has 0 radical (unpaired) electrons. The molecule has 0 saturated heterocycles. The fraction of sp³-hybridized carbons (Fsp3) is 0.316. The molecular weight excluding hydrogens is 471 g/mol. The number of rotatable bonds is 9. The van der Waals surface area contributed by atoms with Gasteiger partial charge in [0.15, 0.2) is 5.96 Å². The molecule has 2 heterocycles. The molecule has 0 fully saturated rings. The van der Waals surface area contributed by atoms with Gasteiger partial charge in [-0.15, -0.1) is 24.0 Å². The van der Waals surface area contributed by atoms with Crippen molar-refractivity contribution in [2.75, 3.05) is 20.2 Å². The van der Waals surface area contributed by atoms with E-state index in [9.17, 15) is 0 Å². The number of aromatic nitrogens is 3. The quantitative estimate of drug-likeness (QED) is 0.205. The molecule has 28 heavy (non-hydrogen) atoms. The molecule has 2 aromatic heterocycles. The molecule has 0 amide bonds. The molecule has 0 saturated carbocycles. The monoisotopic (exact) mass is 496 g/mol. The largest absolute Gasteiger partial charge is 0.467 e. The number of aliphatic imine (C=N–C) groups is 1. The van der Waals surface area contributed by atoms with Crippen LogP contribution in [0.25, 0.3) is 5.69 Å². The molecular formula is C19H25IN6O2. The van der Waals surface area contributed by atoms with Crippen molar-refractivity contribution in [2.45, 2.75) is 19.6 Å². The summed E-state index contributed by atoms with van der Waals surface area (Å²) >= 11 is 0. The smallest absolute Gasteiger partial charge is 0.191 e. The predicted molar refractivity (Wildman–Crippen MR) is 118 cm³/mol. The molecule has 0 spiro atoms. The first-order chi connectivity index (χ1) is 13.3. The van der Waals surface area contributed by atoms with Crippen molar-refractivity contribution in [3.63, 3.8) is 0 Å². The normalized spacial score (nSPS) is 11.1. The van der Waals surface area contributed by atoms with E-state index in [0.29, 0.717) is 19.8 Å². The van der Waals surface area contributed by atoms with Crippen molar-refractivity contribution in [1.82, 2.24) is 25.4 Å². The number of nitrogens with one attached hydrogen (secondary N) is 2. The maximum Gasteiger partial charge on any atom is 0.191 e. The Morgan fingerprint density at radius 1 is 1.21 bits per heavy atom. The molecule has 8 nitrogen and oxygen atoms in total. The predicted octanol–water partition coefficient (Wildman–Crippen LogP) is 2.75. The average Bonchev–Trinajstić information content (AvgIpc) is 3.41. The lowest BCUT2D eigenvalue weighted by Gasteiger charge is -2.12. The first kappa shape index (κ1) is 21.9. The molecule has 0 unspecified atom stereocenters. The molecule has 2 N–H and O–H groups in total. The Kier molecular flexibility index (Phi) is 9.49. The van der Waals surface area contributed by atoms with Gasteiger partial charge < -0.3 is 19.8 Å². The van der Waals surface area contributed by atoms with Crippen molar-refractivity contribution in [2.24, 2.45) is 4.99 Å². The van der Waals surface area contributed by atoms with Crippen LogP contribution in [0.1, 0.15) is 17.7 Å². The number of benzene rings is 1. The lowest BCUT2D eigenvalue weighted by molar-refractivity contribution is 0.105. The summed E-state index contributed by atoms with van der Waals surface area (Å²) in [4.78, 5) is 8.19. The van der Waals surface area contributed by atoms with E-state index >= 15 is 0 Å². The van der Waals surface area contributed by atoms with Gasteiger partial charge in [0.05, 0.1) is 12.0 Å². The third-order valence-electron chi connectivity index (χ3n) is 3.89. The summed E-state index contributed by atoms with van der Waals surface area (Å²) in [6.45, 7) is 2.63. The summed E-state index contributed by atoms with van der Waals surface area (Å²) < 4.78 is 12.5. The van der Waals surface area contributed by atoms with Crippen LogP contribution in [0.15, 0.2) is 64.7 Å². The van der Waals surface area contributed by atoms with E-state index in [1.54, 1.807) is 24.3 Å². The van der Waals surface area contributed by atoms with Gasteiger partial charge in [-0.3, -0.25) is 4.99 Å². The third-order valence-corrected chi connectivity index (χ3v) is 3.89. The summed E-state index contributed by atoms with van der Waals surface area (Å²) in [5.41, 5.74) is 2.14. The van der Waals surface area contributed by atoms with E-state index < -0.39 is 0 Å². The number of halogens is 1. The van der Waals surface area contributed by atoms with Gasteiger partial charge in [0.2, 0.25) is 0 Å². The second kappa shape index (κ2) is 12.1. The molecule has 3 rings (SSSR count). The number of furan rings is 1. The van der Waals surface area contributed by atoms with Crippen molar-refractivity contribution in [1.29, 1.82) is 0 Å². The van der Waals surface area contributed by atoms with E-state index in [-0.39, 0.29) is 24.0 Å². The second-order valence-corrected chi connectivity index (χ2v) is 5.84. The Balaban J connectivity index is 0.00000280. The highest BCUT2D eigenvalue weighted by Gasteiger charge is 2.01. The highest BCUT2D eigenvalue weighted by molar-refractivity contribution is 14.0. The highest BCUT2D eigenvalue weighted by Crippen LogP contribution is 2.07. The Morgan fingerprint density at radius 3 is 2.75 bits per heavy atom. The van der Waals surface area contributed by atoms with Crippen LogP contribution in [0.3, 0.4) is 0 Å². The number of hydrogen-bond donors (Lipinski definition) is 2. The molecule has 0 aliphatic heterocycles. The second-order valence-electron chi connectivity index (χ2n) is 5.84. The molecule has 150 valence electrons. The Labute approximate surface area is 181 Å². The first-order valence-electron chi connectivity index (χ1n) is 8.84. The lowest BCUT2D eigenvalue weighted by atomic mass is 10.2. The van der Waals surface area contributed by atoms with E-state index in [1.807, 2.05) is 24.3 Å². The zero-order valence-corrected chi connectivity index (χ0v) is 18.1. The van der Waals surface area contributed by atoms with Gasteiger partial charge in [0.1, 0.15) is 25.0 Å². The van der Waals surface area contributed by atoms with Gasteiger partial charge in [0.25, 0.3) is 0 Å². The average molecular weight is 496 g/mol. The fourth-order valence-corrected chi connectivity index (χ4v) is 2.46. The van der Waals surface area contributed by atoms with Crippen LogP contribution >= 0.6 is 24.0 Å². The first-order valence-corrected chi connectivity index (χ1v) is 8.84. The molecule has 3 aromatic rings. The van der Waals surface area contributed by atoms with Crippen LogP contribution in [0, 0.1) is 0 Å². The lowest BCUT2D eigenvalue weighted by Crippen LogP contribution is -2.37. The summed E-state index contributed by atoms with van der Waals surface area (Å²) in [5, 5.41) is 10.7. The molecule has 0 bridgehead atoms. The number of guanidine groups is 1. The van der Waals surface area contributed by atoms with E-state index in [4.69, 9.17) is 9.15 Å². The van der Waals surface area contributed by atoms with Crippen LogP contribution in [0.5, 0.6) is 0 Å². The van der Waals surface area contributed by atoms with Crippen LogP contribution in [-0.2, 0) is 17.9 Å². The molecule has 1 aromatic carbocycles. The van der Waals surface area contributed by atoms with Crippen molar-refractivity contribution < 1.29 is 9.15 Å². The van der Waals surface area contributed by atoms with E-state index in [2.05, 4.69) is 37.8 Å². The Morgan fingerprint density at radius 2 is 2.07 bits per heavy atom. The maximum absolute atomic E-state index is 5.56. The van der Waals surface area contributed by atoms with Crippen molar-refractivity contribution in [3.8, 4) is 5.69 Å². The number of nitrogens with zero attached hydrogens (tertiary/aromatic N) is 4. The Hall–Kier alpha value is -2.40. The van der Waals surface area contributed by atoms with Crippen LogP contribution in [-0.4, -0.2) is 40.9 Å². The zero-order chi connectivity index (χ0) is 18.7. The van der Waals surface area contributed by atoms with Gasteiger partial charge in [-0.05, 0) is 36.2 Å². The van der Waals surface area contributed by atoms with Crippen LogP contribution in [0.4, 0.5) is 0 Å². The Bertz CT molecular complexity index is 804. The molecule has 9 heteroatoms. The molecule has 0 aliphatic carbocycles. The molecule has 0 atom stereocenters. The van der Waals surface area contributed by atoms with Gasteiger partial charge in [-0.1, -0.05) is 12.1 Å². The summed E-state index contributed by atoms with van der Waals surface area (Å²) in [5.74, 6) is 1.61. The number of ether oxygens (including phenoxy) is 1. The van der Waals surface area contributed by atoms with Crippen molar-refractivity contribution >= 4 is 29.9 Å². The van der Waals surface area contributed by atoms with Crippen LogP contribution < -0.4 is 10.6 Å². The third kappa shape index (κ3) is 6.97. The topological polar surface area (TPSA) is 89.5 Å². The van der Waals surface area contributed by atoms with Gasteiger partial charge in [-0.2, -0.15) is 5.10 Å². The fourth-order valence-electron chi connectivity index (χ4n) is 2.46. The van der Waals surface area contributed by atoms with Crippen LogP contribution in [0.2, 0.25) is 0 Å². The molecule has 0 aliphatic rings. The summed E-state index contributed by atoms with van der Waals surface area (Å²) in [6, 6.07) is 11.9. The number of hydrogen-bond acceptors (Lipinski definition) is 5. The zero-order valence-electron chi connectivity index (χ0n) is 15.7. The maximum atomic E-state index is 5.56. The van der Waals surface area contributed by atoms with E-state index in [1.165, 1.54) is 6.33 Å². The highest BCUT2D eigenvalue weighted by atomic mass is 127. The minimum absolute atomic E-state index is 0.